The number of phenols is 1. The van der Waals surface area contributed by atoms with E-state index in [-0.39, 0.29) is 17.6 Å². The van der Waals surface area contributed by atoms with Crippen molar-refractivity contribution in [2.45, 2.75) is 61.7 Å². The van der Waals surface area contributed by atoms with Gasteiger partial charge in [0.1, 0.15) is 0 Å². The van der Waals surface area contributed by atoms with Crippen molar-refractivity contribution in [3.05, 3.63) is 23.3 Å². The van der Waals surface area contributed by atoms with Gasteiger partial charge in [-0.05, 0) is 56.2 Å². The first kappa shape index (κ1) is 14.6. The molecule has 1 saturated heterocycles. The van der Waals surface area contributed by atoms with E-state index in [9.17, 15) is 15.0 Å². The lowest BCUT2D eigenvalue weighted by molar-refractivity contribution is -0.188. The van der Waals surface area contributed by atoms with E-state index in [2.05, 4.69) is 4.90 Å². The Labute approximate surface area is 146 Å². The number of carbonyl (C=O) groups is 1. The molecule has 1 aromatic carbocycles. The van der Waals surface area contributed by atoms with Crippen LogP contribution in [0.5, 0.6) is 11.5 Å². The normalized spacial score (nSPS) is 41.4. The fourth-order valence-electron chi connectivity index (χ4n) is 6.26. The van der Waals surface area contributed by atoms with Crippen LogP contribution in [-0.2, 0) is 16.6 Å². The molecule has 5 heteroatoms. The molecule has 1 aromatic rings. The highest BCUT2D eigenvalue weighted by atomic mass is 16.5. The monoisotopic (exact) mass is 341 g/mol. The summed E-state index contributed by atoms with van der Waals surface area (Å²) in [6.45, 7) is 1.95. The third-order valence-corrected chi connectivity index (χ3v) is 7.56. The van der Waals surface area contributed by atoms with E-state index in [4.69, 9.17) is 4.74 Å². The molecule has 0 amide bonds. The summed E-state index contributed by atoms with van der Waals surface area (Å²) in [5, 5.41) is 22.3. The molecule has 5 aliphatic rings. The standard InChI is InChI=1S/C20H23NO4/c22-13-4-3-12-9-15-20(24)6-5-14(23)18-19(20,16(12)17(13)25-18)7-8-21(15)10-11-1-2-11/h3-4,11,15,18,22,24H,1-2,5-10H2/t15-,18+,19?,20-/m1/s1. The molecule has 2 saturated carbocycles. The van der Waals surface area contributed by atoms with Gasteiger partial charge in [0.15, 0.2) is 23.4 Å². The Morgan fingerprint density at radius 3 is 2.92 bits per heavy atom. The Morgan fingerprint density at radius 2 is 2.12 bits per heavy atom. The van der Waals surface area contributed by atoms with E-state index in [0.717, 1.165) is 43.0 Å². The fraction of sp³-hybridized carbons (Fsp3) is 0.650. The van der Waals surface area contributed by atoms with Crippen LogP contribution >= 0.6 is 0 Å². The number of rotatable bonds is 2. The van der Waals surface area contributed by atoms with Crippen LogP contribution in [0.15, 0.2) is 12.1 Å². The number of aromatic hydroxyl groups is 1. The zero-order chi connectivity index (χ0) is 17.0. The molecule has 4 atom stereocenters. The lowest BCUT2D eigenvalue weighted by Crippen LogP contribution is -2.76. The largest absolute Gasteiger partial charge is 0.504 e. The highest BCUT2D eigenvalue weighted by Crippen LogP contribution is 2.64. The first-order valence-corrected chi connectivity index (χ1v) is 9.56. The average molecular weight is 341 g/mol. The minimum absolute atomic E-state index is 0.0454. The molecule has 2 heterocycles. The number of ketones is 1. The van der Waals surface area contributed by atoms with Gasteiger partial charge in [-0.15, -0.1) is 0 Å². The third kappa shape index (κ3) is 1.56. The molecule has 3 fully saturated rings. The summed E-state index contributed by atoms with van der Waals surface area (Å²) >= 11 is 0. The second-order valence-corrected chi connectivity index (χ2v) is 8.72. The lowest BCUT2D eigenvalue weighted by Gasteiger charge is -2.62. The summed E-state index contributed by atoms with van der Waals surface area (Å²) in [6.07, 6.45) is 4.33. The summed E-state index contributed by atoms with van der Waals surface area (Å²) in [5.41, 5.74) is 0.454. The van der Waals surface area contributed by atoms with Gasteiger partial charge in [0.05, 0.1) is 11.0 Å². The van der Waals surface area contributed by atoms with Crippen molar-refractivity contribution in [1.82, 2.24) is 4.90 Å². The van der Waals surface area contributed by atoms with E-state index in [1.807, 2.05) is 6.07 Å². The predicted octanol–water partition coefficient (Wildman–Crippen LogP) is 1.53. The maximum absolute atomic E-state index is 12.7. The van der Waals surface area contributed by atoms with Gasteiger partial charge in [-0.25, -0.2) is 0 Å². The van der Waals surface area contributed by atoms with Crippen LogP contribution in [0.1, 0.15) is 43.2 Å². The van der Waals surface area contributed by atoms with Gasteiger partial charge >= 0.3 is 0 Å². The van der Waals surface area contributed by atoms with Crippen LogP contribution in [0.2, 0.25) is 0 Å². The number of carbonyl (C=O) groups excluding carboxylic acids is 1. The Kier molecular flexibility index (Phi) is 2.55. The Bertz CT molecular complexity index is 803. The molecule has 6 rings (SSSR count). The average Bonchev–Trinajstić information content (AvgIpc) is 3.32. The number of ether oxygens (including phenoxy) is 1. The zero-order valence-electron chi connectivity index (χ0n) is 14.2. The molecule has 25 heavy (non-hydrogen) atoms. The van der Waals surface area contributed by atoms with Crippen molar-refractivity contribution >= 4 is 5.78 Å². The maximum Gasteiger partial charge on any atom is 0.174 e. The topological polar surface area (TPSA) is 70.0 Å². The molecule has 2 aliphatic heterocycles. The second kappa shape index (κ2) is 4.38. The molecule has 2 bridgehead atoms. The molecule has 1 spiro atoms. The number of Topliss-reactive ketones (excluding diaryl/α,β-unsaturated/α-hetero) is 1. The molecular formula is C20H23NO4. The molecule has 0 radical (unpaired) electrons. The Hall–Kier alpha value is -1.59. The summed E-state index contributed by atoms with van der Waals surface area (Å²) in [4.78, 5) is 15.2. The van der Waals surface area contributed by atoms with Crippen LogP contribution in [0, 0.1) is 5.92 Å². The van der Waals surface area contributed by atoms with Crippen molar-refractivity contribution in [3.63, 3.8) is 0 Å². The Morgan fingerprint density at radius 1 is 1.28 bits per heavy atom. The molecule has 2 N–H and O–H groups in total. The number of aliphatic hydroxyl groups is 1. The first-order valence-electron chi connectivity index (χ1n) is 9.56. The maximum atomic E-state index is 12.7. The molecule has 0 aromatic heterocycles. The number of hydrogen-bond acceptors (Lipinski definition) is 5. The van der Waals surface area contributed by atoms with Crippen molar-refractivity contribution in [2.24, 2.45) is 5.92 Å². The summed E-state index contributed by atoms with van der Waals surface area (Å²) in [5.74, 6) is 1.39. The molecular weight excluding hydrogens is 318 g/mol. The number of benzene rings is 1. The Balaban J connectivity index is 1.58. The minimum atomic E-state index is -0.940. The third-order valence-electron chi connectivity index (χ3n) is 7.56. The zero-order valence-corrected chi connectivity index (χ0v) is 14.2. The van der Waals surface area contributed by atoms with E-state index in [0.29, 0.717) is 18.6 Å². The van der Waals surface area contributed by atoms with E-state index in [1.54, 1.807) is 6.07 Å². The second-order valence-electron chi connectivity index (χ2n) is 8.72. The van der Waals surface area contributed by atoms with Crippen LogP contribution < -0.4 is 4.74 Å². The quantitative estimate of drug-likeness (QED) is 0.854. The van der Waals surface area contributed by atoms with E-state index in [1.165, 1.54) is 12.8 Å². The highest BCUT2D eigenvalue weighted by molar-refractivity contribution is 5.90. The summed E-state index contributed by atoms with van der Waals surface area (Å²) < 4.78 is 6.04. The fourth-order valence-corrected chi connectivity index (χ4v) is 6.26. The van der Waals surface area contributed by atoms with Crippen molar-refractivity contribution < 1.29 is 19.7 Å². The number of nitrogens with zero attached hydrogens (tertiary/aromatic N) is 1. The van der Waals surface area contributed by atoms with Gasteiger partial charge in [-0.3, -0.25) is 9.69 Å². The summed E-state index contributed by atoms with van der Waals surface area (Å²) in [7, 11) is 0. The van der Waals surface area contributed by atoms with Gasteiger partial charge in [0.25, 0.3) is 0 Å². The van der Waals surface area contributed by atoms with Crippen molar-refractivity contribution in [2.75, 3.05) is 13.1 Å². The van der Waals surface area contributed by atoms with Gasteiger partial charge in [-0.1, -0.05) is 6.07 Å². The predicted molar refractivity (Wildman–Crippen MR) is 89.8 cm³/mol. The van der Waals surface area contributed by atoms with Gasteiger partial charge in [0.2, 0.25) is 0 Å². The van der Waals surface area contributed by atoms with Crippen LogP contribution in [0.25, 0.3) is 0 Å². The molecule has 3 aliphatic carbocycles. The van der Waals surface area contributed by atoms with Crippen molar-refractivity contribution in [1.29, 1.82) is 0 Å². The van der Waals surface area contributed by atoms with Gasteiger partial charge in [-0.2, -0.15) is 0 Å². The van der Waals surface area contributed by atoms with E-state index >= 15 is 0 Å². The molecule has 1 unspecified atom stereocenters. The summed E-state index contributed by atoms with van der Waals surface area (Å²) in [6, 6.07) is 3.69. The van der Waals surface area contributed by atoms with Crippen LogP contribution in [-0.4, -0.2) is 51.7 Å². The van der Waals surface area contributed by atoms with Crippen LogP contribution in [0.3, 0.4) is 0 Å². The van der Waals surface area contributed by atoms with Gasteiger partial charge in [0, 0.05) is 24.6 Å². The highest BCUT2D eigenvalue weighted by Gasteiger charge is 2.73. The number of hydrogen-bond donors (Lipinski definition) is 2. The first-order chi connectivity index (χ1) is 12.0. The van der Waals surface area contributed by atoms with E-state index < -0.39 is 17.1 Å². The van der Waals surface area contributed by atoms with Gasteiger partial charge < -0.3 is 14.9 Å². The van der Waals surface area contributed by atoms with Crippen LogP contribution in [0.4, 0.5) is 0 Å². The number of piperidine rings is 1. The number of likely N-dealkylation sites (tertiary alicyclic amines) is 1. The smallest absolute Gasteiger partial charge is 0.174 e. The molecule has 132 valence electrons. The van der Waals surface area contributed by atoms with Crippen molar-refractivity contribution in [3.8, 4) is 11.5 Å². The minimum Gasteiger partial charge on any atom is -0.504 e. The molecule has 5 nitrogen and oxygen atoms in total. The SMILES string of the molecule is O=C1CC[C@@]2(O)[C@H]3Cc4ccc(O)c5c4C2(CCN3CC2CC2)[C@H]1O5. The lowest BCUT2D eigenvalue weighted by atomic mass is 9.49. The number of phenolic OH excluding ortho intramolecular Hbond substituents is 1.